The van der Waals surface area contributed by atoms with E-state index in [1.54, 1.807) is 0 Å². The molecule has 168 valence electrons. The second-order valence-electron chi connectivity index (χ2n) is 8.40. The van der Waals surface area contributed by atoms with Crippen molar-refractivity contribution >= 4 is 16.1 Å². The van der Waals surface area contributed by atoms with Crippen molar-refractivity contribution in [1.82, 2.24) is 18.8 Å². The molecular weight excluding hydrogens is 404 g/mol. The smallest absolute Gasteiger partial charge is 0.282 e. The minimum atomic E-state index is -3.51. The molecule has 0 radical (unpaired) electrons. The number of hydrogen-bond donors (Lipinski definition) is 1. The molecule has 2 saturated heterocycles. The van der Waals surface area contributed by atoms with E-state index in [-0.39, 0.29) is 24.2 Å². The number of hydrogen-bond acceptors (Lipinski definition) is 5. The first-order chi connectivity index (χ1) is 14.2. The molecule has 9 heteroatoms. The Balaban J connectivity index is 1.50. The summed E-state index contributed by atoms with van der Waals surface area (Å²) in [5.74, 6) is -0.0392. The molecule has 3 rings (SSSR count). The van der Waals surface area contributed by atoms with Gasteiger partial charge in [-0.05, 0) is 33.3 Å². The van der Waals surface area contributed by atoms with E-state index < -0.39 is 10.2 Å². The zero-order valence-electron chi connectivity index (χ0n) is 18.4. The van der Waals surface area contributed by atoms with Crippen LogP contribution in [-0.4, -0.2) is 85.4 Å². The minimum Gasteiger partial charge on any atom is -0.373 e. The van der Waals surface area contributed by atoms with Crippen LogP contribution < -0.4 is 5.32 Å². The second-order valence-corrected chi connectivity index (χ2v) is 10.3. The molecule has 2 fully saturated rings. The van der Waals surface area contributed by atoms with Gasteiger partial charge in [-0.25, -0.2) is 0 Å². The van der Waals surface area contributed by atoms with Crippen molar-refractivity contribution in [2.75, 3.05) is 39.3 Å². The van der Waals surface area contributed by atoms with Crippen molar-refractivity contribution < 1.29 is 17.9 Å². The largest absolute Gasteiger partial charge is 0.373 e. The second kappa shape index (κ2) is 9.74. The normalized spacial score (nSPS) is 25.7. The van der Waals surface area contributed by atoms with E-state index in [0.29, 0.717) is 45.8 Å². The lowest BCUT2D eigenvalue weighted by Gasteiger charge is -2.41. The van der Waals surface area contributed by atoms with Crippen LogP contribution in [-0.2, 0) is 26.3 Å². The fourth-order valence-corrected chi connectivity index (χ4v) is 5.76. The number of benzene rings is 1. The Hall–Kier alpha value is -1.52. The van der Waals surface area contributed by atoms with Crippen LogP contribution in [0.5, 0.6) is 0 Å². The molecule has 0 aromatic heterocycles. The van der Waals surface area contributed by atoms with E-state index in [4.69, 9.17) is 4.74 Å². The molecule has 0 saturated carbocycles. The van der Waals surface area contributed by atoms with Crippen molar-refractivity contribution in [3.63, 3.8) is 0 Å². The number of aryl methyl sites for hydroxylation is 1. The summed E-state index contributed by atoms with van der Waals surface area (Å²) in [6, 6.07) is 7.78. The third-order valence-corrected chi connectivity index (χ3v) is 7.79. The number of nitrogens with one attached hydrogen (secondary N) is 1. The van der Waals surface area contributed by atoms with Gasteiger partial charge in [0.05, 0.1) is 18.2 Å². The van der Waals surface area contributed by atoms with Crippen LogP contribution in [0.3, 0.4) is 0 Å². The zero-order valence-corrected chi connectivity index (χ0v) is 19.2. The Labute approximate surface area is 180 Å². The predicted molar refractivity (Wildman–Crippen MR) is 116 cm³/mol. The monoisotopic (exact) mass is 438 g/mol. The highest BCUT2D eigenvalue weighted by molar-refractivity contribution is 7.86. The molecule has 2 heterocycles. The Morgan fingerprint density at radius 1 is 1.07 bits per heavy atom. The van der Waals surface area contributed by atoms with Crippen LogP contribution in [0.2, 0.25) is 0 Å². The van der Waals surface area contributed by atoms with E-state index in [1.807, 2.05) is 56.9 Å². The maximum absolute atomic E-state index is 13.0. The summed E-state index contributed by atoms with van der Waals surface area (Å²) in [5.41, 5.74) is 2.25. The molecule has 3 atom stereocenters. The van der Waals surface area contributed by atoms with Gasteiger partial charge >= 0.3 is 0 Å². The van der Waals surface area contributed by atoms with Crippen molar-refractivity contribution in [1.29, 1.82) is 0 Å². The van der Waals surface area contributed by atoms with Crippen molar-refractivity contribution in [3.05, 3.63) is 35.4 Å². The molecule has 2 aliphatic heterocycles. The van der Waals surface area contributed by atoms with E-state index in [1.165, 1.54) is 14.2 Å². The average Bonchev–Trinajstić information content (AvgIpc) is 2.72. The number of carbonyl (C=O) groups excluding carboxylic acids is 1. The summed E-state index contributed by atoms with van der Waals surface area (Å²) in [5, 5.41) is 2.98. The van der Waals surface area contributed by atoms with Gasteiger partial charge in [-0.2, -0.15) is 17.0 Å². The molecule has 0 aliphatic carbocycles. The van der Waals surface area contributed by atoms with E-state index in [0.717, 1.165) is 5.56 Å². The SMILES string of the molecule is Cc1ccc(CNC(=O)[C@@H](C)N2CCN(S(=O)(=O)N3C[C@@H](C)O[C@@H](C)C3)CC2)cc1. The van der Waals surface area contributed by atoms with Crippen LogP contribution in [0, 0.1) is 6.92 Å². The summed E-state index contributed by atoms with van der Waals surface area (Å²) in [6.45, 7) is 10.8. The molecule has 0 unspecified atom stereocenters. The van der Waals surface area contributed by atoms with Gasteiger partial charge in [-0.1, -0.05) is 29.8 Å². The van der Waals surface area contributed by atoms with Crippen LogP contribution in [0.4, 0.5) is 0 Å². The van der Waals surface area contributed by atoms with Gasteiger partial charge in [0, 0.05) is 45.8 Å². The van der Waals surface area contributed by atoms with E-state index in [2.05, 4.69) is 5.32 Å². The topological polar surface area (TPSA) is 82.2 Å². The maximum Gasteiger partial charge on any atom is 0.282 e. The van der Waals surface area contributed by atoms with Gasteiger partial charge in [0.15, 0.2) is 0 Å². The Kier molecular flexibility index (Phi) is 7.52. The van der Waals surface area contributed by atoms with Gasteiger partial charge in [-0.3, -0.25) is 9.69 Å². The zero-order chi connectivity index (χ0) is 21.9. The highest BCUT2D eigenvalue weighted by atomic mass is 32.2. The molecule has 2 aliphatic rings. The van der Waals surface area contributed by atoms with Gasteiger partial charge in [-0.15, -0.1) is 0 Å². The number of nitrogens with zero attached hydrogens (tertiary/aromatic N) is 3. The molecule has 1 N–H and O–H groups in total. The quantitative estimate of drug-likeness (QED) is 0.716. The van der Waals surface area contributed by atoms with Gasteiger partial charge in [0.2, 0.25) is 5.91 Å². The fourth-order valence-electron chi connectivity index (χ4n) is 4.01. The van der Waals surface area contributed by atoms with Crippen molar-refractivity contribution in [3.8, 4) is 0 Å². The third-order valence-electron chi connectivity index (χ3n) is 5.83. The standard InChI is InChI=1S/C21H34N4O4S/c1-16-5-7-20(8-6-16)13-22-21(26)19(4)23-9-11-24(12-10-23)30(27,28)25-14-17(2)29-18(3)15-25/h5-8,17-19H,9-15H2,1-4H3,(H,22,26)/t17-,18+,19-/m1/s1. The number of rotatable bonds is 6. The molecule has 1 amide bonds. The van der Waals surface area contributed by atoms with E-state index in [9.17, 15) is 13.2 Å². The Morgan fingerprint density at radius 3 is 2.20 bits per heavy atom. The molecule has 0 spiro atoms. The third kappa shape index (κ3) is 5.59. The van der Waals surface area contributed by atoms with Crippen LogP contribution in [0.15, 0.2) is 24.3 Å². The fraction of sp³-hybridized carbons (Fsp3) is 0.667. The van der Waals surface area contributed by atoms with Gasteiger partial charge in [0.25, 0.3) is 10.2 Å². The van der Waals surface area contributed by atoms with Gasteiger partial charge in [0.1, 0.15) is 0 Å². The molecule has 30 heavy (non-hydrogen) atoms. The maximum atomic E-state index is 13.0. The number of morpholine rings is 1. The molecule has 0 bridgehead atoms. The molecule has 1 aromatic rings. The lowest BCUT2D eigenvalue weighted by molar-refractivity contribution is -0.126. The minimum absolute atomic E-state index is 0.0392. The number of ether oxygens (including phenoxy) is 1. The molecular formula is C21H34N4O4S. The van der Waals surface area contributed by atoms with Crippen LogP contribution >= 0.6 is 0 Å². The highest BCUT2D eigenvalue weighted by Crippen LogP contribution is 2.19. The summed E-state index contributed by atoms with van der Waals surface area (Å²) in [6.07, 6.45) is -0.218. The van der Waals surface area contributed by atoms with Crippen molar-refractivity contribution in [2.24, 2.45) is 0 Å². The number of amides is 1. The first kappa shape index (κ1) is 23.1. The summed E-state index contributed by atoms with van der Waals surface area (Å²) >= 11 is 0. The van der Waals surface area contributed by atoms with Crippen molar-refractivity contribution in [2.45, 2.75) is 52.5 Å². The number of piperazine rings is 1. The van der Waals surface area contributed by atoms with Crippen LogP contribution in [0.1, 0.15) is 31.9 Å². The lowest BCUT2D eigenvalue weighted by atomic mass is 10.1. The summed E-state index contributed by atoms with van der Waals surface area (Å²) in [7, 11) is -3.51. The van der Waals surface area contributed by atoms with Crippen LogP contribution in [0.25, 0.3) is 0 Å². The Morgan fingerprint density at radius 2 is 1.63 bits per heavy atom. The van der Waals surface area contributed by atoms with E-state index >= 15 is 0 Å². The molecule has 8 nitrogen and oxygen atoms in total. The summed E-state index contributed by atoms with van der Waals surface area (Å²) in [4.78, 5) is 14.6. The molecule has 1 aromatic carbocycles. The highest BCUT2D eigenvalue weighted by Gasteiger charge is 2.37. The van der Waals surface area contributed by atoms with Gasteiger partial charge < -0.3 is 10.1 Å². The first-order valence-corrected chi connectivity index (χ1v) is 12.0. The number of carbonyl (C=O) groups is 1. The summed E-state index contributed by atoms with van der Waals surface area (Å²) < 4.78 is 34.8. The lowest BCUT2D eigenvalue weighted by Crippen LogP contribution is -2.59. The first-order valence-electron chi connectivity index (χ1n) is 10.6. The average molecular weight is 439 g/mol. The predicted octanol–water partition coefficient (Wildman–Crippen LogP) is 0.971. The Bertz CT molecular complexity index is 812.